The van der Waals surface area contributed by atoms with Crippen LogP contribution in [0.2, 0.25) is 0 Å². The first-order valence-electron chi connectivity index (χ1n) is 6.21. The molecule has 0 radical (unpaired) electrons. The summed E-state index contributed by atoms with van der Waals surface area (Å²) in [7, 11) is 0. The zero-order chi connectivity index (χ0) is 15.8. The zero-order valence-electron chi connectivity index (χ0n) is 11.7. The van der Waals surface area contributed by atoms with E-state index in [-0.39, 0.29) is 16.9 Å². The smallest absolute Gasteiger partial charge is 0.318 e. The summed E-state index contributed by atoms with van der Waals surface area (Å²) in [5.74, 6) is -0.651. The normalized spacial score (nSPS) is 11.7. The maximum Gasteiger partial charge on any atom is 0.437 e. The highest BCUT2D eigenvalue weighted by Crippen LogP contribution is 2.34. The molecule has 2 aromatic rings. The van der Waals surface area contributed by atoms with Crippen LogP contribution >= 0.6 is 0 Å². The fraction of sp³-hybridized carbons (Fsp3) is 0.417. The molecule has 2 N–H and O–H groups in total. The van der Waals surface area contributed by atoms with Gasteiger partial charge in [0, 0.05) is 12.7 Å². The summed E-state index contributed by atoms with van der Waals surface area (Å²) < 4.78 is 39.9. The number of alkyl halides is 3. The van der Waals surface area contributed by atoms with Gasteiger partial charge in [0.25, 0.3) is 5.91 Å². The number of aromatic amines is 1. The Morgan fingerprint density at radius 2 is 2.10 bits per heavy atom. The largest absolute Gasteiger partial charge is 0.437 e. The van der Waals surface area contributed by atoms with Crippen molar-refractivity contribution in [3.8, 4) is 0 Å². The molecule has 0 fully saturated rings. The molecule has 0 unspecified atom stereocenters. The van der Waals surface area contributed by atoms with Gasteiger partial charge in [-0.1, -0.05) is 0 Å². The lowest BCUT2D eigenvalue weighted by molar-refractivity contribution is -0.140. The van der Waals surface area contributed by atoms with Gasteiger partial charge < -0.3 is 5.32 Å². The van der Waals surface area contributed by atoms with Crippen molar-refractivity contribution in [2.45, 2.75) is 33.5 Å². The summed E-state index contributed by atoms with van der Waals surface area (Å²) in [5.41, 5.74) is -0.698. The minimum atomic E-state index is -4.64. The number of aryl methyl sites for hydroxylation is 3. The lowest BCUT2D eigenvalue weighted by Gasteiger charge is -2.08. The van der Waals surface area contributed by atoms with Gasteiger partial charge in [-0.05, 0) is 20.8 Å². The topological polar surface area (TPSA) is 75.6 Å². The summed E-state index contributed by atoms with van der Waals surface area (Å²) >= 11 is 0. The van der Waals surface area contributed by atoms with E-state index in [1.165, 1.54) is 17.8 Å². The second kappa shape index (κ2) is 5.23. The minimum absolute atomic E-state index is 0.135. The van der Waals surface area contributed by atoms with Crippen LogP contribution in [0.4, 0.5) is 18.9 Å². The third kappa shape index (κ3) is 2.91. The third-order valence-electron chi connectivity index (χ3n) is 2.97. The summed E-state index contributed by atoms with van der Waals surface area (Å²) in [5, 5.41) is 11.8. The quantitative estimate of drug-likeness (QED) is 0.914. The molecule has 6 nitrogen and oxygen atoms in total. The first-order chi connectivity index (χ1) is 9.74. The summed E-state index contributed by atoms with van der Waals surface area (Å²) in [6.07, 6.45) is -3.15. The lowest BCUT2D eigenvalue weighted by Crippen LogP contribution is -2.17. The van der Waals surface area contributed by atoms with Crippen molar-refractivity contribution < 1.29 is 18.0 Å². The molecule has 0 aliphatic rings. The molecular weight excluding hydrogens is 287 g/mol. The number of hydrogen-bond donors (Lipinski definition) is 2. The van der Waals surface area contributed by atoms with Gasteiger partial charge in [-0.3, -0.25) is 14.6 Å². The van der Waals surface area contributed by atoms with Gasteiger partial charge in [0.2, 0.25) is 0 Å². The minimum Gasteiger partial charge on any atom is -0.318 e. The predicted octanol–water partition coefficient (Wildman–Crippen LogP) is 2.51. The Balaban J connectivity index is 2.32. The van der Waals surface area contributed by atoms with Crippen molar-refractivity contribution >= 4 is 11.6 Å². The standard InChI is InChI=1S/C12H14F3N5O/c1-4-20-5-8(6(2)19-20)11(21)16-9-7(3)17-18-10(9)12(13,14)15/h5H,4H2,1-3H3,(H,16,21)(H,17,18). The molecule has 0 bridgehead atoms. The molecule has 0 saturated heterocycles. The van der Waals surface area contributed by atoms with Crippen LogP contribution in [0, 0.1) is 13.8 Å². The average molecular weight is 301 g/mol. The second-order valence-corrected chi connectivity index (χ2v) is 4.51. The number of amides is 1. The molecule has 2 rings (SSSR count). The van der Waals surface area contributed by atoms with E-state index in [4.69, 9.17) is 0 Å². The van der Waals surface area contributed by atoms with Gasteiger partial charge in [-0.15, -0.1) is 0 Å². The Morgan fingerprint density at radius 3 is 2.62 bits per heavy atom. The maximum atomic E-state index is 12.8. The van der Waals surface area contributed by atoms with Crippen molar-refractivity contribution in [1.82, 2.24) is 20.0 Å². The molecule has 114 valence electrons. The van der Waals surface area contributed by atoms with Crippen molar-refractivity contribution in [1.29, 1.82) is 0 Å². The number of hydrogen-bond acceptors (Lipinski definition) is 3. The van der Waals surface area contributed by atoms with Gasteiger partial charge in [0.1, 0.15) is 0 Å². The molecule has 0 aliphatic carbocycles. The van der Waals surface area contributed by atoms with Crippen molar-refractivity contribution in [2.75, 3.05) is 5.32 Å². The highest BCUT2D eigenvalue weighted by Gasteiger charge is 2.38. The van der Waals surface area contributed by atoms with Crippen molar-refractivity contribution in [3.05, 3.63) is 28.8 Å². The van der Waals surface area contributed by atoms with Crippen LogP contribution in [-0.2, 0) is 12.7 Å². The molecule has 0 spiro atoms. The highest BCUT2D eigenvalue weighted by molar-refractivity contribution is 6.05. The fourth-order valence-corrected chi connectivity index (χ4v) is 1.87. The maximum absolute atomic E-state index is 12.8. The summed E-state index contributed by atoms with van der Waals surface area (Å²) in [6.45, 7) is 5.43. The number of H-pyrrole nitrogens is 1. The molecule has 2 aromatic heterocycles. The summed E-state index contributed by atoms with van der Waals surface area (Å²) in [6, 6.07) is 0. The van der Waals surface area contributed by atoms with E-state index in [0.29, 0.717) is 12.2 Å². The molecule has 0 aliphatic heterocycles. The van der Waals surface area contributed by atoms with Crippen LogP contribution in [0.1, 0.15) is 34.4 Å². The zero-order valence-corrected chi connectivity index (χ0v) is 11.7. The van der Waals surface area contributed by atoms with Crippen LogP contribution in [0.15, 0.2) is 6.20 Å². The van der Waals surface area contributed by atoms with Gasteiger partial charge >= 0.3 is 6.18 Å². The third-order valence-corrected chi connectivity index (χ3v) is 2.97. The van der Waals surface area contributed by atoms with Gasteiger partial charge in [0.05, 0.1) is 22.6 Å². The number of aromatic nitrogens is 4. The molecule has 21 heavy (non-hydrogen) atoms. The van der Waals surface area contributed by atoms with Crippen LogP contribution in [0.5, 0.6) is 0 Å². The Kier molecular flexibility index (Phi) is 3.75. The number of nitrogens with one attached hydrogen (secondary N) is 2. The predicted molar refractivity (Wildman–Crippen MR) is 68.9 cm³/mol. The number of halogens is 3. The van der Waals surface area contributed by atoms with Gasteiger partial charge in [-0.2, -0.15) is 23.4 Å². The van der Waals surface area contributed by atoms with Crippen LogP contribution in [-0.4, -0.2) is 25.9 Å². The van der Waals surface area contributed by atoms with E-state index in [1.807, 2.05) is 6.92 Å². The fourth-order valence-electron chi connectivity index (χ4n) is 1.87. The number of anilines is 1. The molecule has 1 amide bonds. The lowest BCUT2D eigenvalue weighted by atomic mass is 10.2. The molecule has 0 aromatic carbocycles. The first kappa shape index (κ1) is 15.1. The van der Waals surface area contributed by atoms with Crippen molar-refractivity contribution in [2.24, 2.45) is 0 Å². The van der Waals surface area contributed by atoms with E-state index in [0.717, 1.165) is 0 Å². The van der Waals surface area contributed by atoms with Crippen molar-refractivity contribution in [3.63, 3.8) is 0 Å². The molecule has 9 heteroatoms. The second-order valence-electron chi connectivity index (χ2n) is 4.51. The molecular formula is C12H14F3N5O. The number of nitrogens with zero attached hydrogens (tertiary/aromatic N) is 3. The van der Waals surface area contributed by atoms with E-state index < -0.39 is 17.8 Å². The van der Waals surface area contributed by atoms with E-state index >= 15 is 0 Å². The number of rotatable bonds is 3. The SMILES string of the molecule is CCn1cc(C(=O)Nc2c(C(F)(F)F)n[nH]c2C)c(C)n1. The first-order valence-corrected chi connectivity index (χ1v) is 6.21. The molecule has 0 saturated carbocycles. The monoisotopic (exact) mass is 301 g/mol. The van der Waals surface area contributed by atoms with Crippen LogP contribution in [0.25, 0.3) is 0 Å². The molecule has 0 atom stereocenters. The van der Waals surface area contributed by atoms with Gasteiger partial charge in [-0.25, -0.2) is 0 Å². The van der Waals surface area contributed by atoms with E-state index in [2.05, 4.69) is 20.6 Å². The number of carbonyl (C=O) groups is 1. The van der Waals surface area contributed by atoms with Gasteiger partial charge in [0.15, 0.2) is 5.69 Å². The Labute approximate surface area is 118 Å². The van der Waals surface area contributed by atoms with Crippen LogP contribution in [0.3, 0.4) is 0 Å². The highest BCUT2D eigenvalue weighted by atomic mass is 19.4. The average Bonchev–Trinajstić information content (AvgIpc) is 2.93. The Bertz CT molecular complexity index is 671. The summed E-state index contributed by atoms with van der Waals surface area (Å²) in [4.78, 5) is 12.1. The number of carbonyl (C=O) groups excluding carboxylic acids is 1. The molecule has 2 heterocycles. The van der Waals surface area contributed by atoms with E-state index in [1.54, 1.807) is 6.92 Å². The van der Waals surface area contributed by atoms with Crippen LogP contribution < -0.4 is 5.32 Å². The Morgan fingerprint density at radius 1 is 1.43 bits per heavy atom. The van der Waals surface area contributed by atoms with E-state index in [9.17, 15) is 18.0 Å². The Hall–Kier alpha value is -2.32.